The van der Waals surface area contributed by atoms with Crippen molar-refractivity contribution in [3.8, 4) is 0 Å². The number of fused-ring (bicyclic) bond motifs is 1. The van der Waals surface area contributed by atoms with Crippen molar-refractivity contribution < 1.29 is 9.47 Å². The van der Waals surface area contributed by atoms with Gasteiger partial charge in [0, 0.05) is 0 Å². The minimum atomic E-state index is 0.104. The lowest BCUT2D eigenvalue weighted by Gasteiger charge is -2.21. The van der Waals surface area contributed by atoms with E-state index in [2.05, 4.69) is 27.7 Å². The molecule has 0 radical (unpaired) electrons. The van der Waals surface area contributed by atoms with Crippen molar-refractivity contribution in [2.24, 2.45) is 17.8 Å². The molecule has 0 amide bonds. The minimum absolute atomic E-state index is 0.104. The monoisotopic (exact) mass is 236 g/mol. The second-order valence-corrected chi connectivity index (χ2v) is 7.27. The number of epoxide rings is 2. The van der Waals surface area contributed by atoms with Gasteiger partial charge in [-0.3, -0.25) is 0 Å². The van der Waals surface area contributed by atoms with Crippen LogP contribution >= 0.6 is 0 Å². The van der Waals surface area contributed by atoms with Crippen LogP contribution in [0.15, 0.2) is 0 Å². The second kappa shape index (κ2) is 2.75. The lowest BCUT2D eigenvalue weighted by molar-refractivity contribution is 0.131. The molecule has 2 saturated carbocycles. The Morgan fingerprint density at radius 2 is 1.76 bits per heavy atom. The predicted octanol–water partition coefficient (Wildman–Crippen LogP) is 3.15. The summed E-state index contributed by atoms with van der Waals surface area (Å²) >= 11 is 0. The molecule has 17 heavy (non-hydrogen) atoms. The van der Waals surface area contributed by atoms with E-state index in [1.54, 1.807) is 0 Å². The van der Waals surface area contributed by atoms with Gasteiger partial charge in [-0.05, 0) is 43.4 Å². The normalized spacial score (nSPS) is 63.7. The molecule has 2 heterocycles. The van der Waals surface area contributed by atoms with Gasteiger partial charge in [-0.25, -0.2) is 0 Å². The van der Waals surface area contributed by atoms with Gasteiger partial charge in [0.2, 0.25) is 0 Å². The van der Waals surface area contributed by atoms with E-state index in [1.165, 1.54) is 25.7 Å². The largest absolute Gasteiger partial charge is 0.362 e. The summed E-state index contributed by atoms with van der Waals surface area (Å²) in [5.41, 5.74) is 0.461. The Bertz CT molecular complexity index is 379. The van der Waals surface area contributed by atoms with Gasteiger partial charge in [-0.2, -0.15) is 0 Å². The van der Waals surface area contributed by atoms with Crippen molar-refractivity contribution >= 4 is 0 Å². The molecule has 4 fully saturated rings. The fourth-order valence-corrected chi connectivity index (χ4v) is 5.18. The number of ether oxygens (including phenoxy) is 2. The molecule has 0 spiro atoms. The first-order valence-corrected chi connectivity index (χ1v) is 7.37. The third-order valence-electron chi connectivity index (χ3n) is 6.51. The Morgan fingerprint density at radius 1 is 1.06 bits per heavy atom. The van der Waals surface area contributed by atoms with Gasteiger partial charge in [0.1, 0.15) is 22.9 Å². The number of hydrogen-bond donors (Lipinski definition) is 0. The van der Waals surface area contributed by atoms with Crippen LogP contribution in [0.4, 0.5) is 0 Å². The summed E-state index contributed by atoms with van der Waals surface area (Å²) in [5, 5.41) is 0. The second-order valence-electron chi connectivity index (χ2n) is 7.27. The van der Waals surface area contributed by atoms with Crippen molar-refractivity contribution in [2.75, 3.05) is 0 Å². The summed E-state index contributed by atoms with van der Waals surface area (Å²) in [7, 11) is 0. The Hall–Kier alpha value is -0.0800. The molecule has 0 unspecified atom stereocenters. The molecule has 2 heteroatoms. The van der Waals surface area contributed by atoms with E-state index in [0.29, 0.717) is 17.9 Å². The standard InChI is InChI=1S/C15H24O2/c1-9(2)13-7-5-10(3)14-8-6-11(4)15(14,17-14)12(13)16-13/h9-12H,5-8H2,1-4H3/t10-,11-,12-,13+,14-,15+/m0/s1. The van der Waals surface area contributed by atoms with E-state index >= 15 is 0 Å². The van der Waals surface area contributed by atoms with Crippen molar-refractivity contribution in [1.82, 2.24) is 0 Å². The van der Waals surface area contributed by atoms with Crippen molar-refractivity contribution in [3.05, 3.63) is 0 Å². The fourth-order valence-electron chi connectivity index (χ4n) is 5.18. The van der Waals surface area contributed by atoms with Crippen LogP contribution in [-0.4, -0.2) is 22.9 Å². The maximum atomic E-state index is 6.40. The van der Waals surface area contributed by atoms with Gasteiger partial charge in [-0.1, -0.05) is 27.7 Å². The molecule has 0 bridgehead atoms. The maximum absolute atomic E-state index is 6.40. The van der Waals surface area contributed by atoms with Crippen LogP contribution in [0.2, 0.25) is 0 Å². The molecule has 2 saturated heterocycles. The predicted molar refractivity (Wildman–Crippen MR) is 65.8 cm³/mol. The van der Waals surface area contributed by atoms with Crippen molar-refractivity contribution in [2.45, 2.75) is 76.3 Å². The lowest BCUT2D eigenvalue weighted by atomic mass is 9.78. The summed E-state index contributed by atoms with van der Waals surface area (Å²) in [6, 6.07) is 0. The van der Waals surface area contributed by atoms with Gasteiger partial charge >= 0.3 is 0 Å². The summed E-state index contributed by atoms with van der Waals surface area (Å²) in [6.45, 7) is 9.41. The average molecular weight is 236 g/mol. The Labute approximate surface area is 104 Å². The topological polar surface area (TPSA) is 25.1 Å². The zero-order valence-electron chi connectivity index (χ0n) is 11.5. The first-order chi connectivity index (χ1) is 8.00. The average Bonchev–Trinajstić information content (AvgIpc) is 3.14. The molecule has 4 rings (SSSR count). The highest BCUT2D eigenvalue weighted by atomic mass is 16.7. The summed E-state index contributed by atoms with van der Waals surface area (Å²) in [5.74, 6) is 2.04. The Balaban J connectivity index is 1.77. The van der Waals surface area contributed by atoms with Crippen LogP contribution in [0.25, 0.3) is 0 Å². The van der Waals surface area contributed by atoms with Crippen LogP contribution in [0.5, 0.6) is 0 Å². The van der Waals surface area contributed by atoms with Crippen LogP contribution in [0.3, 0.4) is 0 Å². The molecule has 0 aromatic rings. The smallest absolute Gasteiger partial charge is 0.130 e. The van der Waals surface area contributed by atoms with Crippen LogP contribution in [0.1, 0.15) is 53.4 Å². The fraction of sp³-hybridized carbons (Fsp3) is 1.00. The number of rotatable bonds is 1. The highest BCUT2D eigenvalue weighted by molar-refractivity contribution is 5.36. The molecule has 4 aliphatic rings. The summed E-state index contributed by atoms with van der Waals surface area (Å²) < 4.78 is 12.7. The van der Waals surface area contributed by atoms with Crippen LogP contribution in [-0.2, 0) is 9.47 Å². The van der Waals surface area contributed by atoms with Crippen LogP contribution in [0, 0.1) is 17.8 Å². The molecular formula is C15H24O2. The summed E-state index contributed by atoms with van der Waals surface area (Å²) in [4.78, 5) is 0. The van der Waals surface area contributed by atoms with Gasteiger partial charge in [0.25, 0.3) is 0 Å². The van der Waals surface area contributed by atoms with E-state index in [1.807, 2.05) is 0 Å². The highest BCUT2D eigenvalue weighted by Crippen LogP contribution is 2.76. The SMILES string of the molecule is CC(C)[C@]12CC[C@H](C)[C@@]34CC[C@H](C)[C@@]3(O4)[C@H]1O2. The first-order valence-electron chi connectivity index (χ1n) is 7.37. The maximum Gasteiger partial charge on any atom is 0.130 e. The molecular weight excluding hydrogens is 212 g/mol. The van der Waals surface area contributed by atoms with E-state index in [4.69, 9.17) is 9.47 Å². The van der Waals surface area contributed by atoms with Gasteiger partial charge < -0.3 is 9.47 Å². The lowest BCUT2D eigenvalue weighted by Crippen LogP contribution is -2.37. The molecule has 6 atom stereocenters. The molecule has 96 valence electrons. The van der Waals surface area contributed by atoms with Crippen molar-refractivity contribution in [1.29, 1.82) is 0 Å². The van der Waals surface area contributed by atoms with E-state index < -0.39 is 0 Å². The van der Waals surface area contributed by atoms with Gasteiger partial charge in [-0.15, -0.1) is 0 Å². The Kier molecular flexibility index (Phi) is 1.75. The molecule has 2 nitrogen and oxygen atoms in total. The van der Waals surface area contributed by atoms with E-state index in [-0.39, 0.29) is 16.8 Å². The van der Waals surface area contributed by atoms with Crippen LogP contribution < -0.4 is 0 Å². The zero-order valence-corrected chi connectivity index (χ0v) is 11.5. The third-order valence-corrected chi connectivity index (χ3v) is 6.51. The molecule has 0 N–H and O–H groups in total. The molecule has 2 aliphatic carbocycles. The Morgan fingerprint density at radius 3 is 2.47 bits per heavy atom. The van der Waals surface area contributed by atoms with E-state index in [9.17, 15) is 0 Å². The molecule has 2 aliphatic heterocycles. The first kappa shape index (κ1) is 10.8. The highest BCUT2D eigenvalue weighted by Gasteiger charge is 2.88. The van der Waals surface area contributed by atoms with E-state index in [0.717, 1.165) is 5.92 Å². The molecule has 0 aromatic heterocycles. The summed E-state index contributed by atoms with van der Waals surface area (Å²) in [6.07, 6.45) is 5.53. The third kappa shape index (κ3) is 0.920. The number of hydrogen-bond acceptors (Lipinski definition) is 2. The zero-order chi connectivity index (χ0) is 12.1. The van der Waals surface area contributed by atoms with Gasteiger partial charge in [0.05, 0.1) is 0 Å². The minimum Gasteiger partial charge on any atom is -0.362 e. The molecule has 0 aromatic carbocycles. The van der Waals surface area contributed by atoms with Crippen molar-refractivity contribution in [3.63, 3.8) is 0 Å². The van der Waals surface area contributed by atoms with Gasteiger partial charge in [0.15, 0.2) is 0 Å². The quantitative estimate of drug-likeness (QED) is 0.653.